The standard InChI is InChI=1S/2C15H29NO3.K.Na/c2*1-3-4-5-6-7-8-9-10-11-12-14(17)16(2)13-15(18)19;;/h2*3-13H2,1-2H3,(H,18,19);;/q;;2*+1/p-2. The van der Waals surface area contributed by atoms with Crippen molar-refractivity contribution in [2.75, 3.05) is 27.2 Å². The average Bonchev–Trinajstić information content (AvgIpc) is 2.86. The number of rotatable bonds is 24. The van der Waals surface area contributed by atoms with Gasteiger partial charge in [-0.05, 0) is 12.8 Å². The SMILES string of the molecule is CCCCCCCCCCCC(=O)N(C)CC(=O)[O-].CCCCCCCCCCCC(=O)N(C)CC(=O)[O-].[K+].[Na+]. The van der Waals surface area contributed by atoms with Crippen molar-refractivity contribution in [3.63, 3.8) is 0 Å². The number of hydrogen-bond acceptors (Lipinski definition) is 6. The molecule has 0 saturated heterocycles. The fourth-order valence-electron chi connectivity index (χ4n) is 4.12. The second-order valence-electron chi connectivity index (χ2n) is 10.4. The number of hydrogen-bond donors (Lipinski definition) is 0. The Morgan fingerprint density at radius 3 is 0.925 bits per heavy atom. The third kappa shape index (κ3) is 36.5. The van der Waals surface area contributed by atoms with Crippen LogP contribution in [-0.4, -0.2) is 60.7 Å². The van der Waals surface area contributed by atoms with E-state index in [1.54, 1.807) is 0 Å². The maximum atomic E-state index is 11.5. The van der Waals surface area contributed by atoms with Crippen LogP contribution in [-0.2, 0) is 19.2 Å². The van der Waals surface area contributed by atoms with Crippen molar-refractivity contribution < 1.29 is 110 Å². The fraction of sp³-hybridized carbons (Fsp3) is 0.867. The monoisotopic (exact) mass is 602 g/mol. The number of carboxylic acid groups (broad SMARTS) is 2. The van der Waals surface area contributed by atoms with E-state index in [4.69, 9.17) is 0 Å². The zero-order valence-electron chi connectivity index (χ0n) is 26.9. The molecular weight excluding hydrogens is 546 g/mol. The van der Waals surface area contributed by atoms with Crippen molar-refractivity contribution in [2.45, 2.75) is 142 Å². The zero-order chi connectivity index (χ0) is 29.0. The minimum atomic E-state index is -1.21. The van der Waals surface area contributed by atoms with Crippen LogP contribution in [0.25, 0.3) is 0 Å². The zero-order valence-corrected chi connectivity index (χ0v) is 32.0. The summed E-state index contributed by atoms with van der Waals surface area (Å²) < 4.78 is 0. The van der Waals surface area contributed by atoms with E-state index in [2.05, 4.69) is 13.8 Å². The van der Waals surface area contributed by atoms with Gasteiger partial charge in [-0.2, -0.15) is 0 Å². The number of amides is 2. The third-order valence-electron chi connectivity index (χ3n) is 6.57. The molecular formula is C30H56KN2NaO6. The van der Waals surface area contributed by atoms with Gasteiger partial charge < -0.3 is 29.6 Å². The summed E-state index contributed by atoms with van der Waals surface area (Å²) in [5.74, 6) is -2.62. The maximum Gasteiger partial charge on any atom is 1.00 e. The molecule has 0 rings (SSSR count). The van der Waals surface area contributed by atoms with Crippen molar-refractivity contribution in [1.29, 1.82) is 0 Å². The molecule has 0 saturated carbocycles. The first-order valence-electron chi connectivity index (χ1n) is 15.0. The van der Waals surface area contributed by atoms with Crippen LogP contribution >= 0.6 is 0 Å². The van der Waals surface area contributed by atoms with Gasteiger partial charge in [0.15, 0.2) is 0 Å². The second kappa shape index (κ2) is 35.7. The molecule has 224 valence electrons. The predicted molar refractivity (Wildman–Crippen MR) is 149 cm³/mol. The molecule has 0 atom stereocenters. The first-order chi connectivity index (χ1) is 18.1. The van der Waals surface area contributed by atoms with E-state index in [0.29, 0.717) is 12.8 Å². The van der Waals surface area contributed by atoms with Gasteiger partial charge >= 0.3 is 80.9 Å². The molecule has 0 aliphatic rings. The van der Waals surface area contributed by atoms with E-state index in [0.717, 1.165) is 25.7 Å². The summed E-state index contributed by atoms with van der Waals surface area (Å²) in [6, 6.07) is 0. The van der Waals surface area contributed by atoms with Crippen LogP contribution in [0.3, 0.4) is 0 Å². The van der Waals surface area contributed by atoms with Crippen LogP contribution in [0.1, 0.15) is 142 Å². The van der Waals surface area contributed by atoms with Crippen LogP contribution in [0.4, 0.5) is 0 Å². The number of carboxylic acids is 2. The molecule has 2 amide bonds. The Balaban J connectivity index is -0.000000309. The van der Waals surface area contributed by atoms with Crippen molar-refractivity contribution in [1.82, 2.24) is 9.80 Å². The molecule has 0 bridgehead atoms. The topological polar surface area (TPSA) is 121 Å². The second-order valence-corrected chi connectivity index (χ2v) is 10.4. The molecule has 0 heterocycles. The molecule has 0 unspecified atom stereocenters. The van der Waals surface area contributed by atoms with Crippen LogP contribution in [0.5, 0.6) is 0 Å². The quantitative estimate of drug-likeness (QED) is 0.0954. The third-order valence-corrected chi connectivity index (χ3v) is 6.57. The van der Waals surface area contributed by atoms with E-state index in [9.17, 15) is 29.4 Å². The smallest absolute Gasteiger partial charge is 0.548 e. The normalized spacial score (nSPS) is 9.90. The van der Waals surface area contributed by atoms with Gasteiger partial charge in [-0.3, -0.25) is 9.59 Å². The van der Waals surface area contributed by atoms with Crippen LogP contribution in [0, 0.1) is 0 Å². The summed E-state index contributed by atoms with van der Waals surface area (Å²) in [6.07, 6.45) is 22.6. The first-order valence-corrected chi connectivity index (χ1v) is 15.0. The largest absolute Gasteiger partial charge is 1.00 e. The van der Waals surface area contributed by atoms with Crippen molar-refractivity contribution >= 4 is 23.8 Å². The van der Waals surface area contributed by atoms with Crippen LogP contribution < -0.4 is 91.2 Å². The van der Waals surface area contributed by atoms with Gasteiger partial charge in [-0.15, -0.1) is 0 Å². The van der Waals surface area contributed by atoms with Gasteiger partial charge in [0.05, 0.1) is 25.0 Å². The molecule has 0 aliphatic carbocycles. The Hall–Kier alpha value is 0.516. The Kier molecular flexibility index (Phi) is 42.4. The molecule has 0 aromatic carbocycles. The van der Waals surface area contributed by atoms with Gasteiger partial charge in [-0.1, -0.05) is 117 Å². The molecule has 0 radical (unpaired) electrons. The van der Waals surface area contributed by atoms with Gasteiger partial charge in [0, 0.05) is 26.9 Å². The van der Waals surface area contributed by atoms with Gasteiger partial charge in [0.1, 0.15) is 0 Å². The molecule has 10 heteroatoms. The van der Waals surface area contributed by atoms with Crippen molar-refractivity contribution in [2.24, 2.45) is 0 Å². The summed E-state index contributed by atoms with van der Waals surface area (Å²) in [5, 5.41) is 20.7. The van der Waals surface area contributed by atoms with Crippen LogP contribution in [0.2, 0.25) is 0 Å². The molecule has 0 fully saturated rings. The van der Waals surface area contributed by atoms with Crippen molar-refractivity contribution in [3.8, 4) is 0 Å². The Morgan fingerprint density at radius 1 is 0.475 bits per heavy atom. The van der Waals surface area contributed by atoms with E-state index in [1.807, 2.05) is 0 Å². The number of likely N-dealkylation sites (N-methyl/N-ethyl adjacent to an activating group) is 2. The molecule has 0 aromatic rings. The summed E-state index contributed by atoms with van der Waals surface area (Å²) in [4.78, 5) is 46.2. The summed E-state index contributed by atoms with van der Waals surface area (Å²) in [6.45, 7) is 3.81. The van der Waals surface area contributed by atoms with Gasteiger partial charge in [0.2, 0.25) is 11.8 Å². The van der Waals surface area contributed by atoms with Gasteiger partial charge in [-0.25, -0.2) is 0 Å². The molecule has 0 spiro atoms. The number of aliphatic carboxylic acids is 2. The minimum absolute atomic E-state index is 0. The Labute approximate surface area is 309 Å². The van der Waals surface area contributed by atoms with Gasteiger partial charge in [0.25, 0.3) is 0 Å². The summed E-state index contributed by atoms with van der Waals surface area (Å²) >= 11 is 0. The predicted octanol–water partition coefficient (Wildman–Crippen LogP) is -1.76. The summed E-state index contributed by atoms with van der Waals surface area (Å²) in [7, 11) is 3.01. The number of carbonyl (C=O) groups excluding carboxylic acids is 4. The maximum absolute atomic E-state index is 11.5. The van der Waals surface area contributed by atoms with E-state index in [-0.39, 0.29) is 106 Å². The van der Waals surface area contributed by atoms with E-state index in [1.165, 1.54) is 114 Å². The molecule has 0 aromatic heterocycles. The fourth-order valence-corrected chi connectivity index (χ4v) is 4.12. The number of carbonyl (C=O) groups is 4. The minimum Gasteiger partial charge on any atom is -0.548 e. The number of nitrogens with zero attached hydrogens (tertiary/aromatic N) is 2. The van der Waals surface area contributed by atoms with E-state index < -0.39 is 11.9 Å². The molecule has 8 nitrogen and oxygen atoms in total. The average molecular weight is 603 g/mol. The van der Waals surface area contributed by atoms with Crippen LogP contribution in [0.15, 0.2) is 0 Å². The first kappa shape index (κ1) is 47.4. The Morgan fingerprint density at radius 2 is 0.700 bits per heavy atom. The molecule has 0 aliphatic heterocycles. The Bertz CT molecular complexity index is 573. The van der Waals surface area contributed by atoms with Crippen molar-refractivity contribution in [3.05, 3.63) is 0 Å². The van der Waals surface area contributed by atoms with E-state index >= 15 is 0 Å². The molecule has 0 N–H and O–H groups in total. The molecule has 40 heavy (non-hydrogen) atoms. The number of unbranched alkanes of at least 4 members (excludes halogenated alkanes) is 16. The summed E-state index contributed by atoms with van der Waals surface area (Å²) in [5.41, 5.74) is 0.